The Bertz CT molecular complexity index is 584. The van der Waals surface area contributed by atoms with E-state index in [1.165, 1.54) is 0 Å². The normalized spacial score (nSPS) is 10.1. The van der Waals surface area contributed by atoms with Crippen LogP contribution in [0.3, 0.4) is 0 Å². The van der Waals surface area contributed by atoms with Gasteiger partial charge >= 0.3 is 0 Å². The highest BCUT2D eigenvalue weighted by atomic mass is 79.9. The lowest BCUT2D eigenvalue weighted by molar-refractivity contribution is 0.479. The number of hydrogen-bond donors (Lipinski definition) is 1. The topological polar surface area (TPSA) is 48.1 Å². The first kappa shape index (κ1) is 13.0. The average molecular weight is 323 g/mol. The number of halogens is 1. The van der Waals surface area contributed by atoms with Crippen LogP contribution in [-0.4, -0.2) is 9.97 Å². The molecule has 3 nitrogen and oxygen atoms in total. The van der Waals surface area contributed by atoms with Crippen LogP contribution in [0.15, 0.2) is 41.0 Å². The fraction of sp³-hybridized carbons (Fsp3) is 0.0769. The molecule has 5 heteroatoms. The molecular weight excluding hydrogens is 312 g/mol. The molecule has 1 heterocycles. The third-order valence-corrected chi connectivity index (χ3v) is 3.20. The predicted octanol–water partition coefficient (Wildman–Crippen LogP) is 3.58. The second-order valence-electron chi connectivity index (χ2n) is 3.74. The fourth-order valence-electron chi connectivity index (χ4n) is 1.41. The zero-order valence-electron chi connectivity index (χ0n) is 9.68. The molecule has 0 atom stereocenters. The molecule has 0 aliphatic carbocycles. The third kappa shape index (κ3) is 3.05. The van der Waals surface area contributed by atoms with Crippen molar-refractivity contribution >= 4 is 33.1 Å². The van der Waals surface area contributed by atoms with Crippen LogP contribution >= 0.6 is 28.1 Å². The summed E-state index contributed by atoms with van der Waals surface area (Å²) in [5.74, 6) is 1.39. The van der Waals surface area contributed by atoms with Gasteiger partial charge in [-0.2, -0.15) is 0 Å². The van der Waals surface area contributed by atoms with Crippen molar-refractivity contribution in [1.82, 2.24) is 4.98 Å². The van der Waals surface area contributed by atoms with Gasteiger partial charge in [0.25, 0.3) is 0 Å². The summed E-state index contributed by atoms with van der Waals surface area (Å²) in [6, 6.07) is 9.24. The van der Waals surface area contributed by atoms with Crippen LogP contribution in [-0.2, 0) is 0 Å². The van der Waals surface area contributed by atoms with Gasteiger partial charge in [-0.25, -0.2) is 0 Å². The minimum atomic E-state index is 0.352. The molecule has 0 radical (unpaired) electrons. The first-order chi connectivity index (χ1) is 8.56. The summed E-state index contributed by atoms with van der Waals surface area (Å²) in [4.78, 5) is 4.52. The second-order valence-corrected chi connectivity index (χ2v) is 5.04. The zero-order valence-corrected chi connectivity index (χ0v) is 12.1. The van der Waals surface area contributed by atoms with Gasteiger partial charge in [0.1, 0.15) is 16.5 Å². The Morgan fingerprint density at radius 1 is 1.28 bits per heavy atom. The highest BCUT2D eigenvalue weighted by molar-refractivity contribution is 9.10. The van der Waals surface area contributed by atoms with Crippen LogP contribution in [0.2, 0.25) is 0 Å². The Balaban J connectivity index is 2.22. The summed E-state index contributed by atoms with van der Waals surface area (Å²) in [5.41, 5.74) is 7.33. The van der Waals surface area contributed by atoms with E-state index in [1.807, 2.05) is 37.3 Å². The van der Waals surface area contributed by atoms with Crippen molar-refractivity contribution in [2.24, 2.45) is 5.73 Å². The number of ether oxygens (including phenoxy) is 1. The molecule has 2 aromatic rings. The number of rotatable bonds is 3. The number of nitrogens with zero attached hydrogens (tertiary/aromatic N) is 1. The first-order valence-electron chi connectivity index (χ1n) is 5.26. The minimum Gasteiger partial charge on any atom is -0.456 e. The van der Waals surface area contributed by atoms with E-state index in [1.54, 1.807) is 6.20 Å². The molecule has 0 saturated carbocycles. The van der Waals surface area contributed by atoms with Gasteiger partial charge in [-0.3, -0.25) is 4.98 Å². The van der Waals surface area contributed by atoms with Crippen LogP contribution in [0.1, 0.15) is 11.3 Å². The highest BCUT2D eigenvalue weighted by Crippen LogP contribution is 2.26. The van der Waals surface area contributed by atoms with Gasteiger partial charge < -0.3 is 10.5 Å². The van der Waals surface area contributed by atoms with Crippen molar-refractivity contribution in [3.63, 3.8) is 0 Å². The van der Waals surface area contributed by atoms with Crippen molar-refractivity contribution in [2.75, 3.05) is 0 Å². The molecule has 92 valence electrons. The maximum Gasteiger partial charge on any atom is 0.145 e. The van der Waals surface area contributed by atoms with Gasteiger partial charge in [0.15, 0.2) is 0 Å². The molecule has 0 unspecified atom stereocenters. The number of thiocarbonyl (C=S) groups is 1. The summed E-state index contributed by atoms with van der Waals surface area (Å²) in [6.07, 6.45) is 1.69. The first-order valence-corrected chi connectivity index (χ1v) is 6.46. The molecule has 0 aliphatic rings. The third-order valence-electron chi connectivity index (χ3n) is 2.33. The van der Waals surface area contributed by atoms with Gasteiger partial charge in [0.05, 0.1) is 6.20 Å². The van der Waals surface area contributed by atoms with E-state index in [4.69, 9.17) is 22.7 Å². The van der Waals surface area contributed by atoms with E-state index in [9.17, 15) is 0 Å². The SMILES string of the molecule is Cc1ccc(Oc2ccc(C(N)=S)c(Br)c2)cn1. The molecule has 0 saturated heterocycles. The summed E-state index contributed by atoms with van der Waals surface area (Å²) < 4.78 is 6.48. The monoisotopic (exact) mass is 322 g/mol. The Hall–Kier alpha value is -1.46. The lowest BCUT2D eigenvalue weighted by Crippen LogP contribution is -2.09. The van der Waals surface area contributed by atoms with E-state index in [0.29, 0.717) is 16.5 Å². The van der Waals surface area contributed by atoms with Crippen LogP contribution in [0.5, 0.6) is 11.5 Å². The molecule has 18 heavy (non-hydrogen) atoms. The molecular formula is C13H11BrN2OS. The molecule has 1 aromatic carbocycles. The number of benzene rings is 1. The van der Waals surface area contributed by atoms with Crippen molar-refractivity contribution < 1.29 is 4.74 Å². The van der Waals surface area contributed by atoms with Gasteiger partial charge in [-0.15, -0.1) is 0 Å². The maximum absolute atomic E-state index is 5.67. The standard InChI is InChI=1S/C13H11BrN2OS/c1-8-2-3-10(7-16-8)17-9-4-5-11(13(15)18)12(14)6-9/h2-7H,1H3,(H2,15,18). The van der Waals surface area contributed by atoms with Crippen molar-refractivity contribution in [2.45, 2.75) is 6.92 Å². The van der Waals surface area contributed by atoms with E-state index in [0.717, 1.165) is 15.7 Å². The number of aromatic nitrogens is 1. The minimum absolute atomic E-state index is 0.352. The van der Waals surface area contributed by atoms with Gasteiger partial charge in [0.2, 0.25) is 0 Å². The van der Waals surface area contributed by atoms with Crippen molar-refractivity contribution in [1.29, 1.82) is 0 Å². The smallest absolute Gasteiger partial charge is 0.145 e. The fourth-order valence-corrected chi connectivity index (χ4v) is 2.29. The second kappa shape index (κ2) is 5.46. The van der Waals surface area contributed by atoms with E-state index in [-0.39, 0.29) is 0 Å². The van der Waals surface area contributed by atoms with Gasteiger partial charge in [0, 0.05) is 15.7 Å². The number of nitrogens with two attached hydrogens (primary N) is 1. The zero-order chi connectivity index (χ0) is 13.1. The Labute approximate surface area is 119 Å². The lowest BCUT2D eigenvalue weighted by atomic mass is 10.2. The van der Waals surface area contributed by atoms with E-state index < -0.39 is 0 Å². The summed E-state index contributed by atoms with van der Waals surface area (Å²) in [5, 5.41) is 0. The molecule has 0 aliphatic heterocycles. The number of pyridine rings is 1. The summed E-state index contributed by atoms with van der Waals surface area (Å²) in [7, 11) is 0. The molecule has 2 rings (SSSR count). The Kier molecular flexibility index (Phi) is 3.93. The van der Waals surface area contributed by atoms with E-state index in [2.05, 4.69) is 20.9 Å². The summed E-state index contributed by atoms with van der Waals surface area (Å²) in [6.45, 7) is 1.93. The molecule has 0 spiro atoms. The van der Waals surface area contributed by atoms with E-state index >= 15 is 0 Å². The quantitative estimate of drug-likeness (QED) is 0.877. The van der Waals surface area contributed by atoms with Crippen molar-refractivity contribution in [3.05, 3.63) is 52.3 Å². The van der Waals surface area contributed by atoms with Crippen LogP contribution < -0.4 is 10.5 Å². The molecule has 0 amide bonds. The Morgan fingerprint density at radius 2 is 2.00 bits per heavy atom. The average Bonchev–Trinajstić information content (AvgIpc) is 2.32. The van der Waals surface area contributed by atoms with Crippen molar-refractivity contribution in [3.8, 4) is 11.5 Å². The molecule has 1 aromatic heterocycles. The lowest BCUT2D eigenvalue weighted by Gasteiger charge is -2.08. The molecule has 0 fully saturated rings. The van der Waals surface area contributed by atoms with Gasteiger partial charge in [-0.1, -0.05) is 12.2 Å². The van der Waals surface area contributed by atoms with Crippen LogP contribution in [0, 0.1) is 6.92 Å². The highest BCUT2D eigenvalue weighted by Gasteiger charge is 2.05. The molecule has 0 bridgehead atoms. The van der Waals surface area contributed by atoms with Crippen LogP contribution in [0.4, 0.5) is 0 Å². The van der Waals surface area contributed by atoms with Gasteiger partial charge in [-0.05, 0) is 53.2 Å². The predicted molar refractivity (Wildman–Crippen MR) is 79.1 cm³/mol. The largest absolute Gasteiger partial charge is 0.456 e. The maximum atomic E-state index is 5.67. The Morgan fingerprint density at radius 3 is 2.56 bits per heavy atom. The van der Waals surface area contributed by atoms with Crippen LogP contribution in [0.25, 0.3) is 0 Å². The summed E-state index contributed by atoms with van der Waals surface area (Å²) >= 11 is 8.34. The molecule has 2 N–H and O–H groups in total. The number of aryl methyl sites for hydroxylation is 1. The number of hydrogen-bond acceptors (Lipinski definition) is 3.